The van der Waals surface area contributed by atoms with Gasteiger partial charge in [-0.2, -0.15) is 0 Å². The topological polar surface area (TPSA) is 147 Å². The summed E-state index contributed by atoms with van der Waals surface area (Å²) in [5.74, 6) is -0.969. The molecule has 5 aliphatic carbocycles. The quantitative estimate of drug-likeness (QED) is 0.209. The standard InChI is InChI=1S/C37H51NO8/c1-32(2)26-12-13-36(6)28(37(26,7)30(42)27(40)29(32)41)25(39)18-23-24-19-34(4,15-14-33(24,3)16-17-35(23,36)5)31(43)46-20-21-8-10-22(11-9-21)38(44)45/h8-11,18,24,26-30,40-42H,12-17,19-20H2,1-7H3/t24-,26-,27+,28-,29-,30-,33+,34-,35+,36+,37-/m0/s1. The van der Waals surface area contributed by atoms with Gasteiger partial charge in [0.2, 0.25) is 0 Å². The zero-order chi connectivity index (χ0) is 33.8. The number of benzene rings is 1. The third kappa shape index (κ3) is 4.36. The Hall–Kier alpha value is -2.62. The number of carbonyl (C=O) groups is 2. The van der Waals surface area contributed by atoms with E-state index in [2.05, 4.69) is 20.8 Å². The number of nitro benzene ring substituents is 1. The minimum atomic E-state index is -1.34. The number of aliphatic hydroxyl groups excluding tert-OH is 3. The molecule has 0 radical (unpaired) electrons. The molecular weight excluding hydrogens is 586 g/mol. The Morgan fingerprint density at radius 3 is 2.20 bits per heavy atom. The molecule has 6 rings (SSSR count). The van der Waals surface area contributed by atoms with E-state index in [1.807, 2.05) is 33.8 Å². The average molecular weight is 638 g/mol. The predicted octanol–water partition coefficient (Wildman–Crippen LogP) is 5.92. The first-order valence-corrected chi connectivity index (χ1v) is 17.0. The lowest BCUT2D eigenvalue weighted by Crippen LogP contribution is -2.73. The average Bonchev–Trinajstić information content (AvgIpc) is 3.00. The zero-order valence-electron chi connectivity index (χ0n) is 28.3. The largest absolute Gasteiger partial charge is 0.460 e. The summed E-state index contributed by atoms with van der Waals surface area (Å²) >= 11 is 0. The fraction of sp³-hybridized carbons (Fsp3) is 0.730. The number of carbonyl (C=O) groups excluding carboxylic acids is 2. The Kier molecular flexibility index (Phi) is 7.55. The first-order chi connectivity index (χ1) is 21.3. The highest BCUT2D eigenvalue weighted by Crippen LogP contribution is 2.75. The maximum absolute atomic E-state index is 14.6. The lowest BCUT2D eigenvalue weighted by Gasteiger charge is -2.71. The number of ketones is 1. The molecule has 9 heteroatoms. The number of hydrogen-bond acceptors (Lipinski definition) is 8. The fourth-order valence-electron chi connectivity index (χ4n) is 11.5. The van der Waals surface area contributed by atoms with Crippen molar-refractivity contribution in [3.05, 3.63) is 51.6 Å². The van der Waals surface area contributed by atoms with E-state index in [9.17, 15) is 35.0 Å². The number of nitrogens with zero attached hydrogens (tertiary/aromatic N) is 1. The van der Waals surface area contributed by atoms with Gasteiger partial charge < -0.3 is 20.1 Å². The Morgan fingerprint density at radius 2 is 1.57 bits per heavy atom. The van der Waals surface area contributed by atoms with Crippen molar-refractivity contribution >= 4 is 17.4 Å². The third-order valence-corrected chi connectivity index (χ3v) is 14.7. The number of ether oxygens (including phenoxy) is 1. The lowest BCUT2D eigenvalue weighted by molar-refractivity contribution is -0.384. The first-order valence-electron chi connectivity index (χ1n) is 17.0. The van der Waals surface area contributed by atoms with Crippen LogP contribution in [0, 0.1) is 60.4 Å². The van der Waals surface area contributed by atoms with Gasteiger partial charge in [-0.05, 0) is 109 Å². The highest BCUT2D eigenvalue weighted by molar-refractivity contribution is 5.96. The van der Waals surface area contributed by atoms with E-state index in [0.717, 1.165) is 37.7 Å². The van der Waals surface area contributed by atoms with E-state index in [4.69, 9.17) is 4.74 Å². The van der Waals surface area contributed by atoms with Gasteiger partial charge in [0.05, 0.1) is 22.5 Å². The van der Waals surface area contributed by atoms with E-state index < -0.39 is 50.8 Å². The van der Waals surface area contributed by atoms with Gasteiger partial charge in [0.1, 0.15) is 12.7 Å². The van der Waals surface area contributed by atoms with Crippen LogP contribution in [0.15, 0.2) is 35.9 Å². The van der Waals surface area contributed by atoms with Crippen LogP contribution in [0.3, 0.4) is 0 Å². The monoisotopic (exact) mass is 637 g/mol. The summed E-state index contributed by atoms with van der Waals surface area (Å²) in [6.07, 6.45) is 3.66. The number of fused-ring (bicyclic) bond motifs is 7. The number of allylic oxidation sites excluding steroid dienone is 2. The summed E-state index contributed by atoms with van der Waals surface area (Å²) in [6, 6.07) is 6.02. The number of hydrogen-bond donors (Lipinski definition) is 3. The van der Waals surface area contributed by atoms with Crippen molar-refractivity contribution in [3.8, 4) is 0 Å². The van der Waals surface area contributed by atoms with Gasteiger partial charge in [-0.1, -0.05) is 47.1 Å². The van der Waals surface area contributed by atoms with E-state index in [1.54, 1.807) is 12.1 Å². The molecule has 1 aromatic rings. The minimum Gasteiger partial charge on any atom is -0.460 e. The minimum absolute atomic E-state index is 0.00399. The molecule has 4 saturated carbocycles. The first kappa shape index (κ1) is 33.3. The molecule has 0 amide bonds. The molecule has 0 aromatic heterocycles. The Labute approximate surface area is 271 Å². The van der Waals surface area contributed by atoms with E-state index in [1.165, 1.54) is 12.1 Å². The molecule has 0 saturated heterocycles. The second kappa shape index (κ2) is 10.4. The van der Waals surface area contributed by atoms with Gasteiger partial charge in [-0.3, -0.25) is 19.7 Å². The van der Waals surface area contributed by atoms with Crippen LogP contribution in [0.4, 0.5) is 5.69 Å². The van der Waals surface area contributed by atoms with Crippen LogP contribution in [-0.4, -0.2) is 50.3 Å². The third-order valence-electron chi connectivity index (χ3n) is 14.7. The van der Waals surface area contributed by atoms with Gasteiger partial charge in [0.15, 0.2) is 5.78 Å². The van der Waals surface area contributed by atoms with Crippen molar-refractivity contribution in [2.24, 2.45) is 50.2 Å². The molecule has 4 fully saturated rings. The molecule has 11 atom stereocenters. The van der Waals surface area contributed by atoms with E-state index in [0.29, 0.717) is 18.4 Å². The number of non-ortho nitro benzene ring substituents is 1. The molecule has 46 heavy (non-hydrogen) atoms. The lowest BCUT2D eigenvalue weighted by atomic mass is 9.33. The Bertz CT molecular complexity index is 1490. The van der Waals surface area contributed by atoms with Gasteiger partial charge in [-0.25, -0.2) is 0 Å². The van der Waals surface area contributed by atoms with Crippen LogP contribution in [-0.2, 0) is 20.9 Å². The van der Waals surface area contributed by atoms with Gasteiger partial charge in [0.25, 0.3) is 5.69 Å². The summed E-state index contributed by atoms with van der Waals surface area (Å²) in [5, 5.41) is 44.8. The maximum Gasteiger partial charge on any atom is 0.312 e. The van der Waals surface area contributed by atoms with Crippen LogP contribution >= 0.6 is 0 Å². The van der Waals surface area contributed by atoms with Crippen molar-refractivity contribution in [1.82, 2.24) is 0 Å². The predicted molar refractivity (Wildman–Crippen MR) is 171 cm³/mol. The SMILES string of the molecule is CC1(C)[C@@H](O)[C@@H](O)[C@H](O)[C@]2(C)[C@H]3C(=O)C=C4[C@@H]5C[C@@](C)(C(=O)OCc6ccc([N+](=O)[O-])cc6)CC[C@]5(C)CC[C@@]4(C)[C@]3(C)CC[C@@H]12. The fourth-order valence-corrected chi connectivity index (χ4v) is 11.5. The molecule has 9 nitrogen and oxygen atoms in total. The number of nitro groups is 1. The summed E-state index contributed by atoms with van der Waals surface area (Å²) in [7, 11) is 0. The molecular formula is C37H51NO8. The highest BCUT2D eigenvalue weighted by Gasteiger charge is 2.73. The van der Waals surface area contributed by atoms with Crippen LogP contribution in [0.5, 0.6) is 0 Å². The van der Waals surface area contributed by atoms with Gasteiger partial charge >= 0.3 is 5.97 Å². The van der Waals surface area contributed by atoms with Crippen molar-refractivity contribution < 1.29 is 34.6 Å². The van der Waals surface area contributed by atoms with Crippen molar-refractivity contribution in [2.75, 3.05) is 0 Å². The van der Waals surface area contributed by atoms with Crippen molar-refractivity contribution in [3.63, 3.8) is 0 Å². The molecule has 0 heterocycles. The smallest absolute Gasteiger partial charge is 0.312 e. The van der Waals surface area contributed by atoms with Crippen LogP contribution < -0.4 is 0 Å². The van der Waals surface area contributed by atoms with Crippen molar-refractivity contribution in [2.45, 2.75) is 118 Å². The summed E-state index contributed by atoms with van der Waals surface area (Å²) < 4.78 is 5.83. The summed E-state index contributed by atoms with van der Waals surface area (Å²) in [5.41, 5.74) is -1.46. The number of aliphatic hydroxyl groups is 3. The number of rotatable bonds is 4. The molecule has 0 unspecified atom stereocenters. The molecule has 0 bridgehead atoms. The number of esters is 1. The maximum atomic E-state index is 14.6. The Morgan fingerprint density at radius 1 is 0.935 bits per heavy atom. The molecule has 0 spiro atoms. The van der Waals surface area contributed by atoms with Crippen molar-refractivity contribution in [1.29, 1.82) is 0 Å². The normalized spacial score (nSPS) is 46.1. The Balaban J connectivity index is 1.32. The highest BCUT2D eigenvalue weighted by atomic mass is 16.6. The van der Waals surface area contributed by atoms with Crippen LogP contribution in [0.1, 0.15) is 99.0 Å². The van der Waals surface area contributed by atoms with Gasteiger partial charge in [0, 0.05) is 23.5 Å². The summed E-state index contributed by atoms with van der Waals surface area (Å²) in [6.45, 7) is 14.7. The zero-order valence-corrected chi connectivity index (χ0v) is 28.3. The second-order valence-electron chi connectivity index (χ2n) is 17.3. The van der Waals surface area contributed by atoms with Gasteiger partial charge in [-0.15, -0.1) is 0 Å². The molecule has 1 aromatic carbocycles. The molecule has 0 aliphatic heterocycles. The molecule has 3 N–H and O–H groups in total. The second-order valence-corrected chi connectivity index (χ2v) is 17.3. The van der Waals surface area contributed by atoms with Crippen LogP contribution in [0.2, 0.25) is 0 Å². The van der Waals surface area contributed by atoms with E-state index >= 15 is 0 Å². The van der Waals surface area contributed by atoms with E-state index in [-0.39, 0.29) is 46.7 Å². The molecule has 252 valence electrons. The van der Waals surface area contributed by atoms with Crippen LogP contribution in [0.25, 0.3) is 0 Å². The summed E-state index contributed by atoms with van der Waals surface area (Å²) in [4.78, 5) is 38.8. The molecule has 5 aliphatic rings.